The molecule has 1 aliphatic carbocycles. The lowest BCUT2D eigenvalue weighted by molar-refractivity contribution is 0.245. The molecule has 1 saturated carbocycles. The molecule has 7 heteroatoms. The van der Waals surface area contributed by atoms with Crippen molar-refractivity contribution in [2.75, 3.05) is 11.9 Å². The Labute approximate surface area is 133 Å². The number of amides is 2. The van der Waals surface area contributed by atoms with E-state index in [4.69, 9.17) is 28.5 Å². The number of hydrogen-bond acceptors (Lipinski definition) is 3. The van der Waals surface area contributed by atoms with Crippen LogP contribution in [0.25, 0.3) is 0 Å². The number of nitrogens with one attached hydrogen (secondary N) is 2. The van der Waals surface area contributed by atoms with E-state index in [1.165, 1.54) is 12.3 Å². The summed E-state index contributed by atoms with van der Waals surface area (Å²) in [5, 5.41) is 15.0. The number of aromatic nitrogens is 1. The van der Waals surface area contributed by atoms with Gasteiger partial charge in [-0.3, -0.25) is 5.32 Å². The van der Waals surface area contributed by atoms with Gasteiger partial charge in [-0.2, -0.15) is 5.26 Å². The zero-order chi connectivity index (χ0) is 15.2. The van der Waals surface area contributed by atoms with Gasteiger partial charge in [-0.25, -0.2) is 9.78 Å². The van der Waals surface area contributed by atoms with Crippen molar-refractivity contribution in [1.29, 1.82) is 5.26 Å². The molecule has 1 aliphatic rings. The molecule has 1 heterocycles. The van der Waals surface area contributed by atoms with Crippen molar-refractivity contribution in [2.45, 2.75) is 25.7 Å². The Balaban J connectivity index is 1.75. The molecule has 0 unspecified atom stereocenters. The third-order valence-electron chi connectivity index (χ3n) is 3.63. The molecule has 0 aliphatic heterocycles. The van der Waals surface area contributed by atoms with Gasteiger partial charge in [0, 0.05) is 24.7 Å². The third kappa shape index (κ3) is 4.76. The zero-order valence-electron chi connectivity index (χ0n) is 11.4. The van der Waals surface area contributed by atoms with E-state index >= 15 is 0 Å². The molecule has 21 heavy (non-hydrogen) atoms. The molecule has 112 valence electrons. The minimum Gasteiger partial charge on any atom is -0.338 e. The highest BCUT2D eigenvalue weighted by Crippen LogP contribution is 2.27. The van der Waals surface area contributed by atoms with Crippen LogP contribution in [0.4, 0.5) is 10.6 Å². The highest BCUT2D eigenvalue weighted by atomic mass is 35.5. The summed E-state index contributed by atoms with van der Waals surface area (Å²) >= 11 is 11.6. The average molecular weight is 327 g/mol. The van der Waals surface area contributed by atoms with Gasteiger partial charge in [-0.15, -0.1) is 0 Å². The summed E-state index contributed by atoms with van der Waals surface area (Å²) < 4.78 is 0. The summed E-state index contributed by atoms with van der Waals surface area (Å²) in [6.45, 7) is 0.602. The summed E-state index contributed by atoms with van der Waals surface area (Å²) in [6, 6.07) is 3.49. The van der Waals surface area contributed by atoms with Gasteiger partial charge in [0.1, 0.15) is 5.82 Å². The SMILES string of the molecule is N#CC1CCC(CNC(=O)Nc2cc(Cl)c(Cl)cn2)CC1. The number of pyridine rings is 1. The summed E-state index contributed by atoms with van der Waals surface area (Å²) in [5.41, 5.74) is 0. The van der Waals surface area contributed by atoms with Crippen LogP contribution in [-0.4, -0.2) is 17.6 Å². The molecule has 1 aromatic rings. The van der Waals surface area contributed by atoms with E-state index < -0.39 is 0 Å². The Kier molecular flexibility index (Phi) is 5.66. The number of urea groups is 1. The molecule has 2 N–H and O–H groups in total. The van der Waals surface area contributed by atoms with Gasteiger partial charge >= 0.3 is 6.03 Å². The second-order valence-corrected chi connectivity index (χ2v) is 5.98. The first-order valence-corrected chi connectivity index (χ1v) is 7.59. The molecule has 0 radical (unpaired) electrons. The van der Waals surface area contributed by atoms with Gasteiger partial charge in [0.2, 0.25) is 0 Å². The van der Waals surface area contributed by atoms with Crippen LogP contribution in [-0.2, 0) is 0 Å². The minimum absolute atomic E-state index is 0.176. The lowest BCUT2D eigenvalue weighted by atomic mass is 9.83. The quantitative estimate of drug-likeness (QED) is 0.885. The Morgan fingerprint density at radius 3 is 2.67 bits per heavy atom. The van der Waals surface area contributed by atoms with Gasteiger partial charge in [-0.1, -0.05) is 23.2 Å². The Morgan fingerprint density at radius 1 is 1.33 bits per heavy atom. The van der Waals surface area contributed by atoms with Crippen LogP contribution in [0.5, 0.6) is 0 Å². The lowest BCUT2D eigenvalue weighted by Crippen LogP contribution is -2.34. The molecule has 0 saturated heterocycles. The zero-order valence-corrected chi connectivity index (χ0v) is 12.9. The van der Waals surface area contributed by atoms with Gasteiger partial charge < -0.3 is 5.32 Å². The number of anilines is 1. The largest absolute Gasteiger partial charge is 0.338 e. The molecule has 1 aromatic heterocycles. The second-order valence-electron chi connectivity index (χ2n) is 5.17. The van der Waals surface area contributed by atoms with Crippen LogP contribution in [0.3, 0.4) is 0 Å². The van der Waals surface area contributed by atoms with E-state index in [1.807, 2.05) is 0 Å². The number of rotatable bonds is 3. The second kappa shape index (κ2) is 7.48. The maximum Gasteiger partial charge on any atom is 0.320 e. The Bertz CT molecular complexity index is 550. The molecule has 0 aromatic carbocycles. The van der Waals surface area contributed by atoms with Crippen molar-refractivity contribution >= 4 is 35.1 Å². The van der Waals surface area contributed by atoms with E-state index in [1.54, 1.807) is 0 Å². The molecule has 1 fully saturated rings. The molecular weight excluding hydrogens is 311 g/mol. The van der Waals surface area contributed by atoms with Crippen LogP contribution in [0, 0.1) is 23.2 Å². The molecule has 2 amide bonds. The van der Waals surface area contributed by atoms with Gasteiger partial charge in [-0.05, 0) is 31.6 Å². The van der Waals surface area contributed by atoms with Gasteiger partial charge in [0.15, 0.2) is 0 Å². The first-order chi connectivity index (χ1) is 10.1. The maximum atomic E-state index is 11.8. The van der Waals surface area contributed by atoms with E-state index in [2.05, 4.69) is 21.7 Å². The smallest absolute Gasteiger partial charge is 0.320 e. The monoisotopic (exact) mass is 326 g/mol. The molecule has 0 bridgehead atoms. The van der Waals surface area contributed by atoms with E-state index in [0.717, 1.165) is 25.7 Å². The fourth-order valence-electron chi connectivity index (χ4n) is 2.38. The van der Waals surface area contributed by atoms with Crippen LogP contribution in [0.1, 0.15) is 25.7 Å². The van der Waals surface area contributed by atoms with Crippen molar-refractivity contribution in [3.63, 3.8) is 0 Å². The first kappa shape index (κ1) is 15.9. The number of halogens is 2. The standard InChI is InChI=1S/C14H16Cl2N4O/c15-11-5-13(18-8-12(11)16)20-14(21)19-7-10-3-1-9(6-17)2-4-10/h5,8-10H,1-4,7H2,(H2,18,19,20,21). The van der Waals surface area contributed by atoms with Crippen LogP contribution < -0.4 is 10.6 Å². The van der Waals surface area contributed by atoms with Crippen LogP contribution in [0.2, 0.25) is 10.0 Å². The van der Waals surface area contributed by atoms with E-state index in [9.17, 15) is 4.79 Å². The third-order valence-corrected chi connectivity index (χ3v) is 4.34. The number of nitriles is 1. The van der Waals surface area contributed by atoms with Crippen molar-refractivity contribution < 1.29 is 4.79 Å². The summed E-state index contributed by atoms with van der Waals surface area (Å²) in [4.78, 5) is 15.8. The normalized spacial score (nSPS) is 21.4. The predicted molar refractivity (Wildman–Crippen MR) is 82.3 cm³/mol. The topological polar surface area (TPSA) is 77.8 Å². The van der Waals surface area contributed by atoms with E-state index in [-0.39, 0.29) is 11.9 Å². The fraction of sp³-hybridized carbons (Fsp3) is 0.500. The number of carbonyl (C=O) groups excluding carboxylic acids is 1. The van der Waals surface area contributed by atoms with Crippen molar-refractivity contribution in [3.05, 3.63) is 22.3 Å². The summed E-state index contributed by atoms with van der Waals surface area (Å²) in [6.07, 6.45) is 5.17. The fourth-order valence-corrected chi connectivity index (χ4v) is 2.63. The number of nitrogens with zero attached hydrogens (tertiary/aromatic N) is 2. The molecule has 2 rings (SSSR count). The maximum absolute atomic E-state index is 11.8. The van der Waals surface area contributed by atoms with Crippen LogP contribution >= 0.6 is 23.2 Å². The summed E-state index contributed by atoms with van der Waals surface area (Å²) in [5.74, 6) is 0.965. The summed E-state index contributed by atoms with van der Waals surface area (Å²) in [7, 11) is 0. The van der Waals surface area contributed by atoms with Crippen LogP contribution in [0.15, 0.2) is 12.3 Å². The minimum atomic E-state index is -0.316. The molecule has 5 nitrogen and oxygen atoms in total. The molecule has 0 atom stereocenters. The molecule has 0 spiro atoms. The lowest BCUT2D eigenvalue weighted by Gasteiger charge is -2.24. The van der Waals surface area contributed by atoms with Crippen molar-refractivity contribution in [2.24, 2.45) is 11.8 Å². The first-order valence-electron chi connectivity index (χ1n) is 6.84. The predicted octanol–water partition coefficient (Wildman–Crippen LogP) is 3.84. The van der Waals surface area contributed by atoms with Gasteiger partial charge in [0.05, 0.1) is 16.1 Å². The average Bonchev–Trinajstić information content (AvgIpc) is 2.49. The molecular formula is C14H16Cl2N4O. The highest BCUT2D eigenvalue weighted by molar-refractivity contribution is 6.42. The Hall–Kier alpha value is -1.51. The number of carbonyl (C=O) groups is 1. The van der Waals surface area contributed by atoms with Gasteiger partial charge in [0.25, 0.3) is 0 Å². The van der Waals surface area contributed by atoms with Crippen molar-refractivity contribution in [1.82, 2.24) is 10.3 Å². The highest BCUT2D eigenvalue weighted by Gasteiger charge is 2.21. The van der Waals surface area contributed by atoms with Crippen molar-refractivity contribution in [3.8, 4) is 6.07 Å². The number of hydrogen-bond donors (Lipinski definition) is 2. The van der Waals surface area contributed by atoms with E-state index in [0.29, 0.717) is 28.3 Å². The Morgan fingerprint density at radius 2 is 2.05 bits per heavy atom.